The average Bonchev–Trinajstić information content (AvgIpc) is 2.95. The van der Waals surface area contributed by atoms with Crippen LogP contribution in [-0.4, -0.2) is 38.3 Å². The van der Waals surface area contributed by atoms with Gasteiger partial charge in [0.25, 0.3) is 5.89 Å². The topological polar surface area (TPSA) is 92.6 Å². The summed E-state index contributed by atoms with van der Waals surface area (Å²) in [6.07, 6.45) is 1.52. The van der Waals surface area contributed by atoms with Gasteiger partial charge in [-0.3, -0.25) is 9.69 Å². The fourth-order valence-electron chi connectivity index (χ4n) is 1.67. The Morgan fingerprint density at radius 1 is 1.40 bits per heavy atom. The summed E-state index contributed by atoms with van der Waals surface area (Å²) in [4.78, 5) is 12.7. The van der Waals surface area contributed by atoms with Gasteiger partial charge in [-0.25, -0.2) is 0 Å². The second-order valence-corrected chi connectivity index (χ2v) is 5.40. The molecule has 0 atom stereocenters. The molecule has 0 saturated carbocycles. The molecule has 108 valence electrons. The summed E-state index contributed by atoms with van der Waals surface area (Å²) in [6, 6.07) is 3.45. The van der Waals surface area contributed by atoms with Gasteiger partial charge in [-0.15, -0.1) is 10.2 Å². The second-order valence-electron chi connectivity index (χ2n) is 5.40. The van der Waals surface area contributed by atoms with Crippen molar-refractivity contribution >= 4 is 5.97 Å². The van der Waals surface area contributed by atoms with Crippen LogP contribution in [0.4, 0.5) is 0 Å². The molecule has 0 unspecified atom stereocenters. The SMILES string of the molecule is CC(C)(C)N(CC(=O)O)Cc1nnc(-c2ccco2)o1. The maximum atomic E-state index is 10.9. The maximum absolute atomic E-state index is 10.9. The highest BCUT2D eigenvalue weighted by Crippen LogP contribution is 2.21. The molecule has 0 aliphatic carbocycles. The van der Waals surface area contributed by atoms with Crippen LogP contribution in [0.1, 0.15) is 26.7 Å². The van der Waals surface area contributed by atoms with Gasteiger partial charge in [0.05, 0.1) is 19.4 Å². The highest BCUT2D eigenvalue weighted by atomic mass is 16.4. The molecule has 0 fully saturated rings. The first-order chi connectivity index (χ1) is 9.36. The number of furan rings is 1. The maximum Gasteiger partial charge on any atom is 0.317 e. The van der Waals surface area contributed by atoms with Gasteiger partial charge >= 0.3 is 5.97 Å². The van der Waals surface area contributed by atoms with Crippen LogP contribution in [0.5, 0.6) is 0 Å². The van der Waals surface area contributed by atoms with Crippen LogP contribution in [0.15, 0.2) is 27.2 Å². The fraction of sp³-hybridized carbons (Fsp3) is 0.462. The largest absolute Gasteiger partial charge is 0.480 e. The zero-order valence-corrected chi connectivity index (χ0v) is 11.7. The quantitative estimate of drug-likeness (QED) is 0.894. The summed E-state index contributed by atoms with van der Waals surface area (Å²) in [5, 5.41) is 16.8. The fourth-order valence-corrected chi connectivity index (χ4v) is 1.67. The third-order valence-electron chi connectivity index (χ3n) is 2.80. The summed E-state index contributed by atoms with van der Waals surface area (Å²) in [7, 11) is 0. The zero-order valence-electron chi connectivity index (χ0n) is 11.7. The summed E-state index contributed by atoms with van der Waals surface area (Å²) in [5.41, 5.74) is -0.322. The number of aliphatic carboxylic acids is 1. The van der Waals surface area contributed by atoms with Gasteiger partial charge in [-0.05, 0) is 32.9 Å². The number of hydrogen-bond donors (Lipinski definition) is 1. The number of carboxylic acids is 1. The molecule has 0 saturated heterocycles. The molecule has 0 radical (unpaired) electrons. The predicted molar refractivity (Wildman–Crippen MR) is 69.8 cm³/mol. The standard InChI is InChI=1S/C13H17N3O4/c1-13(2,3)16(8-11(17)18)7-10-14-15-12(20-10)9-5-4-6-19-9/h4-6H,7-8H2,1-3H3,(H,17,18). The third-order valence-corrected chi connectivity index (χ3v) is 2.80. The molecule has 0 aliphatic heterocycles. The predicted octanol–water partition coefficient (Wildman–Crippen LogP) is 2.01. The van der Waals surface area contributed by atoms with E-state index in [1.807, 2.05) is 20.8 Å². The lowest BCUT2D eigenvalue weighted by Crippen LogP contribution is -2.43. The van der Waals surface area contributed by atoms with E-state index < -0.39 is 5.97 Å². The van der Waals surface area contributed by atoms with E-state index in [4.69, 9.17) is 13.9 Å². The first-order valence-electron chi connectivity index (χ1n) is 6.19. The molecule has 2 aromatic heterocycles. The molecule has 7 heteroatoms. The number of carbonyl (C=O) groups is 1. The van der Waals surface area contributed by atoms with Crippen LogP contribution in [0.3, 0.4) is 0 Å². The van der Waals surface area contributed by atoms with Crippen LogP contribution in [0.25, 0.3) is 11.7 Å². The van der Waals surface area contributed by atoms with Crippen LogP contribution in [0, 0.1) is 0 Å². The van der Waals surface area contributed by atoms with Gasteiger partial charge in [-0.2, -0.15) is 0 Å². The minimum absolute atomic E-state index is 0.0953. The van der Waals surface area contributed by atoms with E-state index in [1.165, 1.54) is 6.26 Å². The molecule has 0 bridgehead atoms. The van der Waals surface area contributed by atoms with Gasteiger partial charge in [0.15, 0.2) is 5.76 Å². The van der Waals surface area contributed by atoms with Crippen molar-refractivity contribution in [3.05, 3.63) is 24.3 Å². The van der Waals surface area contributed by atoms with Gasteiger partial charge < -0.3 is 13.9 Å². The Balaban J connectivity index is 2.13. The van der Waals surface area contributed by atoms with Crippen LogP contribution in [0.2, 0.25) is 0 Å². The summed E-state index contributed by atoms with van der Waals surface area (Å²) in [5.74, 6) is 0.233. The molecule has 2 aromatic rings. The van der Waals surface area contributed by atoms with Crippen molar-refractivity contribution < 1.29 is 18.7 Å². The highest BCUT2D eigenvalue weighted by Gasteiger charge is 2.26. The molecule has 2 rings (SSSR count). The minimum Gasteiger partial charge on any atom is -0.480 e. The molecule has 0 amide bonds. The second kappa shape index (κ2) is 5.46. The lowest BCUT2D eigenvalue weighted by Gasteiger charge is -2.32. The molecule has 0 spiro atoms. The van der Waals surface area contributed by atoms with Gasteiger partial charge in [0.2, 0.25) is 5.89 Å². The molecule has 0 aliphatic rings. The normalized spacial score (nSPS) is 12.0. The Kier molecular flexibility index (Phi) is 3.89. The number of carboxylic acid groups (broad SMARTS) is 1. The van der Waals surface area contributed by atoms with E-state index in [0.29, 0.717) is 11.7 Å². The summed E-state index contributed by atoms with van der Waals surface area (Å²) >= 11 is 0. The van der Waals surface area contributed by atoms with E-state index in [2.05, 4.69) is 10.2 Å². The Bertz CT molecular complexity index is 569. The summed E-state index contributed by atoms with van der Waals surface area (Å²) < 4.78 is 10.7. The Hall–Kier alpha value is -2.15. The number of hydrogen-bond acceptors (Lipinski definition) is 6. The lowest BCUT2D eigenvalue weighted by molar-refractivity contribution is -0.140. The Labute approximate surface area is 116 Å². The lowest BCUT2D eigenvalue weighted by atomic mass is 10.1. The minimum atomic E-state index is -0.898. The van der Waals surface area contributed by atoms with Crippen molar-refractivity contribution in [2.75, 3.05) is 6.54 Å². The van der Waals surface area contributed by atoms with Gasteiger partial charge in [0.1, 0.15) is 0 Å². The van der Waals surface area contributed by atoms with E-state index in [1.54, 1.807) is 17.0 Å². The first-order valence-corrected chi connectivity index (χ1v) is 6.19. The van der Waals surface area contributed by atoms with E-state index >= 15 is 0 Å². The Morgan fingerprint density at radius 3 is 2.70 bits per heavy atom. The van der Waals surface area contributed by atoms with E-state index in [-0.39, 0.29) is 24.5 Å². The van der Waals surface area contributed by atoms with Crippen molar-refractivity contribution in [3.63, 3.8) is 0 Å². The van der Waals surface area contributed by atoms with Crippen LogP contribution >= 0.6 is 0 Å². The van der Waals surface area contributed by atoms with Crippen molar-refractivity contribution in [1.82, 2.24) is 15.1 Å². The van der Waals surface area contributed by atoms with Crippen molar-refractivity contribution in [1.29, 1.82) is 0 Å². The van der Waals surface area contributed by atoms with E-state index in [9.17, 15) is 4.79 Å². The molecule has 7 nitrogen and oxygen atoms in total. The zero-order chi connectivity index (χ0) is 14.8. The first kappa shape index (κ1) is 14.3. The molecule has 0 aromatic carbocycles. The number of rotatable bonds is 5. The van der Waals surface area contributed by atoms with Crippen molar-refractivity contribution in [2.45, 2.75) is 32.9 Å². The number of aromatic nitrogens is 2. The number of nitrogens with zero attached hydrogens (tertiary/aromatic N) is 3. The Morgan fingerprint density at radius 2 is 2.15 bits per heavy atom. The molecular formula is C13H17N3O4. The smallest absolute Gasteiger partial charge is 0.317 e. The van der Waals surface area contributed by atoms with Crippen molar-refractivity contribution in [2.24, 2.45) is 0 Å². The van der Waals surface area contributed by atoms with Gasteiger partial charge in [0, 0.05) is 5.54 Å². The molecule has 1 N–H and O–H groups in total. The average molecular weight is 279 g/mol. The van der Waals surface area contributed by atoms with Crippen LogP contribution < -0.4 is 0 Å². The molecular weight excluding hydrogens is 262 g/mol. The summed E-state index contributed by atoms with van der Waals surface area (Å²) in [6.45, 7) is 5.96. The monoisotopic (exact) mass is 279 g/mol. The van der Waals surface area contributed by atoms with E-state index in [0.717, 1.165) is 0 Å². The molecule has 20 heavy (non-hydrogen) atoms. The van der Waals surface area contributed by atoms with Crippen molar-refractivity contribution in [3.8, 4) is 11.7 Å². The van der Waals surface area contributed by atoms with Crippen LogP contribution in [-0.2, 0) is 11.3 Å². The molecule has 2 heterocycles. The van der Waals surface area contributed by atoms with Gasteiger partial charge in [-0.1, -0.05) is 0 Å². The third kappa shape index (κ3) is 3.45. The highest BCUT2D eigenvalue weighted by molar-refractivity contribution is 5.69.